The number of hydrogen-bond donors (Lipinski definition) is 2. The van der Waals surface area contributed by atoms with Crippen molar-refractivity contribution in [3.63, 3.8) is 0 Å². The Morgan fingerprint density at radius 2 is 1.60 bits per heavy atom. The predicted molar refractivity (Wildman–Crippen MR) is 155 cm³/mol. The first kappa shape index (κ1) is 30.5. The highest BCUT2D eigenvalue weighted by molar-refractivity contribution is 5.98. The van der Waals surface area contributed by atoms with E-state index in [0.717, 1.165) is 31.7 Å². The van der Waals surface area contributed by atoms with Crippen LogP contribution in [-0.4, -0.2) is 29.3 Å². The Labute approximate surface area is 247 Å². The van der Waals surface area contributed by atoms with Crippen molar-refractivity contribution in [1.29, 1.82) is 0 Å². The predicted octanol–water partition coefficient (Wildman–Crippen LogP) is 8.19. The number of nitrogens with one attached hydrogen (secondary N) is 2. The number of amides is 2. The van der Waals surface area contributed by atoms with Crippen LogP contribution >= 0.6 is 0 Å². The first-order valence-electron chi connectivity index (χ1n) is 14.5. The number of aryl methyl sites for hydroxylation is 2. The maximum absolute atomic E-state index is 15.5. The summed E-state index contributed by atoms with van der Waals surface area (Å²) in [7, 11) is 0. The van der Waals surface area contributed by atoms with Gasteiger partial charge in [-0.1, -0.05) is 37.1 Å². The minimum atomic E-state index is -4.61. The minimum absolute atomic E-state index is 0.0137. The van der Waals surface area contributed by atoms with E-state index in [1.54, 1.807) is 25.1 Å². The monoisotopic (exact) mass is 599 g/mol. The lowest BCUT2D eigenvalue weighted by Crippen LogP contribution is -2.46. The van der Waals surface area contributed by atoms with E-state index in [1.165, 1.54) is 42.2 Å². The molecule has 1 saturated carbocycles. The molecule has 1 heterocycles. The van der Waals surface area contributed by atoms with Crippen LogP contribution < -0.4 is 10.6 Å². The number of likely N-dealkylation sites (tertiary alicyclic amines) is 1. The first-order valence-corrected chi connectivity index (χ1v) is 14.5. The van der Waals surface area contributed by atoms with Gasteiger partial charge in [-0.2, -0.15) is 13.2 Å². The lowest BCUT2D eigenvalue weighted by Gasteiger charge is -2.41. The van der Waals surface area contributed by atoms with Crippen LogP contribution in [0.4, 0.5) is 33.3 Å². The van der Waals surface area contributed by atoms with Crippen LogP contribution in [0.3, 0.4) is 0 Å². The number of anilines is 2. The summed E-state index contributed by atoms with van der Waals surface area (Å²) in [6, 6.07) is 11.5. The SMILES string of the molecule is Cc1ccc(NC(=O)[C@H]2CCCN(C(=O)c3c(C)cccc3F)[C@H]2c2ccc(NC3CCCC3)c(F)c2)cc1C(F)(F)F. The van der Waals surface area contributed by atoms with Gasteiger partial charge in [0.25, 0.3) is 5.91 Å². The van der Waals surface area contributed by atoms with E-state index in [2.05, 4.69) is 10.6 Å². The number of alkyl halides is 3. The quantitative estimate of drug-likeness (QED) is 0.281. The van der Waals surface area contributed by atoms with Crippen molar-refractivity contribution in [1.82, 2.24) is 4.90 Å². The van der Waals surface area contributed by atoms with Gasteiger partial charge in [0, 0.05) is 18.3 Å². The van der Waals surface area contributed by atoms with Gasteiger partial charge in [-0.05, 0) is 86.6 Å². The molecule has 2 atom stereocenters. The van der Waals surface area contributed by atoms with Crippen LogP contribution in [-0.2, 0) is 11.0 Å². The Balaban J connectivity index is 1.51. The van der Waals surface area contributed by atoms with E-state index in [1.807, 2.05) is 0 Å². The summed E-state index contributed by atoms with van der Waals surface area (Å²) in [6.45, 7) is 3.13. The summed E-state index contributed by atoms with van der Waals surface area (Å²) in [4.78, 5) is 28.9. The molecule has 228 valence electrons. The molecule has 2 fully saturated rings. The highest BCUT2D eigenvalue weighted by Crippen LogP contribution is 2.40. The second-order valence-electron chi connectivity index (χ2n) is 11.5. The van der Waals surface area contributed by atoms with Gasteiger partial charge in [-0.25, -0.2) is 8.78 Å². The fourth-order valence-electron chi connectivity index (χ4n) is 6.32. The van der Waals surface area contributed by atoms with Gasteiger partial charge in [0.05, 0.1) is 28.8 Å². The maximum atomic E-state index is 15.5. The summed E-state index contributed by atoms with van der Waals surface area (Å²) < 4.78 is 71.0. The van der Waals surface area contributed by atoms with E-state index >= 15 is 4.39 Å². The molecule has 2 aliphatic rings. The normalized spacial score (nSPS) is 19.4. The van der Waals surface area contributed by atoms with E-state index in [0.29, 0.717) is 23.2 Å². The highest BCUT2D eigenvalue weighted by Gasteiger charge is 2.41. The van der Waals surface area contributed by atoms with Gasteiger partial charge in [-0.15, -0.1) is 0 Å². The van der Waals surface area contributed by atoms with Gasteiger partial charge in [0.1, 0.15) is 11.6 Å². The van der Waals surface area contributed by atoms with Gasteiger partial charge in [-0.3, -0.25) is 9.59 Å². The zero-order valence-corrected chi connectivity index (χ0v) is 24.0. The summed E-state index contributed by atoms with van der Waals surface area (Å²) in [5.41, 5.74) is 0.0343. The van der Waals surface area contributed by atoms with Crippen LogP contribution in [0.25, 0.3) is 0 Å². The number of hydrogen-bond acceptors (Lipinski definition) is 3. The Morgan fingerprint density at radius 3 is 2.28 bits per heavy atom. The molecule has 5 rings (SSSR count). The standard InChI is InChI=1S/C33H34F5N3O2/c1-19-12-14-23(18-25(19)33(36,37)38)40-31(42)24-10-6-16-41(32(43)29-20(2)7-5-11-26(29)34)30(24)21-13-15-28(27(35)17-21)39-22-8-3-4-9-22/h5,7,11-15,17-18,22,24,30,39H,3-4,6,8-10,16H2,1-2H3,(H,40,42)/t24-,30-/m0/s1. The molecule has 0 aromatic heterocycles. The van der Waals surface area contributed by atoms with Gasteiger partial charge >= 0.3 is 6.18 Å². The molecule has 0 spiro atoms. The van der Waals surface area contributed by atoms with Crippen molar-refractivity contribution in [3.05, 3.63) is 94.0 Å². The fourth-order valence-corrected chi connectivity index (χ4v) is 6.32. The number of rotatable bonds is 6. The Bertz CT molecular complexity index is 1500. The molecule has 1 saturated heterocycles. The summed E-state index contributed by atoms with van der Waals surface area (Å²) in [5.74, 6) is -3.44. The van der Waals surface area contributed by atoms with Crippen molar-refractivity contribution in [2.75, 3.05) is 17.2 Å². The van der Waals surface area contributed by atoms with Crippen LogP contribution in [0.5, 0.6) is 0 Å². The molecule has 43 heavy (non-hydrogen) atoms. The second-order valence-corrected chi connectivity index (χ2v) is 11.5. The van der Waals surface area contributed by atoms with Gasteiger partial charge < -0.3 is 15.5 Å². The van der Waals surface area contributed by atoms with Crippen LogP contribution in [0.2, 0.25) is 0 Å². The topological polar surface area (TPSA) is 61.4 Å². The zero-order valence-electron chi connectivity index (χ0n) is 24.0. The third-order valence-corrected chi connectivity index (χ3v) is 8.52. The average Bonchev–Trinajstić information content (AvgIpc) is 3.47. The number of piperidine rings is 1. The van der Waals surface area contributed by atoms with Crippen LogP contribution in [0.1, 0.15) is 77.2 Å². The van der Waals surface area contributed by atoms with E-state index < -0.39 is 47.1 Å². The molecule has 0 radical (unpaired) electrons. The fraction of sp³-hybridized carbons (Fsp3) is 0.394. The van der Waals surface area contributed by atoms with Crippen molar-refractivity contribution >= 4 is 23.2 Å². The lowest BCUT2D eigenvalue weighted by molar-refractivity contribution is -0.138. The molecule has 10 heteroatoms. The summed E-state index contributed by atoms with van der Waals surface area (Å²) in [5, 5.41) is 5.82. The molecule has 0 unspecified atom stereocenters. The number of benzene rings is 3. The molecular formula is C33H34F5N3O2. The Hall–Kier alpha value is -3.95. The van der Waals surface area contributed by atoms with Crippen molar-refractivity contribution in [2.24, 2.45) is 5.92 Å². The smallest absolute Gasteiger partial charge is 0.380 e. The third kappa shape index (κ3) is 6.53. The van der Waals surface area contributed by atoms with Gasteiger partial charge in [0.15, 0.2) is 0 Å². The molecule has 3 aromatic rings. The van der Waals surface area contributed by atoms with E-state index in [-0.39, 0.29) is 35.8 Å². The second kappa shape index (κ2) is 12.3. The van der Waals surface area contributed by atoms with Crippen LogP contribution in [0, 0.1) is 31.4 Å². The molecular weight excluding hydrogens is 565 g/mol. The number of carbonyl (C=O) groups excluding carboxylic acids is 2. The first-order chi connectivity index (χ1) is 20.4. The number of carbonyl (C=O) groups is 2. The maximum Gasteiger partial charge on any atom is 0.416 e. The summed E-state index contributed by atoms with van der Waals surface area (Å²) >= 11 is 0. The van der Waals surface area contributed by atoms with Crippen LogP contribution in [0.15, 0.2) is 54.6 Å². The number of nitrogens with zero attached hydrogens (tertiary/aromatic N) is 1. The molecule has 3 aromatic carbocycles. The van der Waals surface area contributed by atoms with Gasteiger partial charge in [0.2, 0.25) is 5.91 Å². The van der Waals surface area contributed by atoms with Crippen molar-refractivity contribution < 1.29 is 31.5 Å². The molecule has 5 nitrogen and oxygen atoms in total. The third-order valence-electron chi connectivity index (χ3n) is 8.52. The molecule has 0 bridgehead atoms. The minimum Gasteiger partial charge on any atom is -0.380 e. The van der Waals surface area contributed by atoms with E-state index in [4.69, 9.17) is 0 Å². The molecule has 2 N–H and O–H groups in total. The van der Waals surface area contributed by atoms with E-state index in [9.17, 15) is 27.2 Å². The number of halogens is 5. The zero-order chi connectivity index (χ0) is 30.9. The molecule has 2 amide bonds. The molecule has 1 aliphatic heterocycles. The highest BCUT2D eigenvalue weighted by atomic mass is 19.4. The summed E-state index contributed by atoms with van der Waals surface area (Å²) in [6.07, 6.45) is 0.0710. The largest absolute Gasteiger partial charge is 0.416 e. The van der Waals surface area contributed by atoms with Crippen molar-refractivity contribution in [3.8, 4) is 0 Å². The van der Waals surface area contributed by atoms with Crippen molar-refractivity contribution in [2.45, 2.75) is 70.6 Å². The lowest BCUT2D eigenvalue weighted by atomic mass is 9.83. The Morgan fingerprint density at radius 1 is 0.860 bits per heavy atom. The molecule has 1 aliphatic carbocycles. The average molecular weight is 600 g/mol. The Kier molecular flexibility index (Phi) is 8.76.